The molecular formula is C57H34N4S. The first kappa shape index (κ1) is 34.8. The van der Waals surface area contributed by atoms with Crippen molar-refractivity contribution in [2.45, 2.75) is 0 Å². The van der Waals surface area contributed by atoms with E-state index in [9.17, 15) is 0 Å². The van der Waals surface area contributed by atoms with E-state index < -0.39 is 0 Å². The summed E-state index contributed by atoms with van der Waals surface area (Å²) in [4.78, 5) is 16.1. The van der Waals surface area contributed by atoms with Crippen molar-refractivity contribution in [3.8, 4) is 51.0 Å². The maximum atomic E-state index is 5.43. The number of benzene rings is 10. The highest BCUT2D eigenvalue weighted by Gasteiger charge is 2.23. The first-order chi connectivity index (χ1) is 30.7. The van der Waals surface area contributed by atoms with Crippen molar-refractivity contribution < 1.29 is 0 Å². The molecule has 3 aromatic heterocycles. The van der Waals surface area contributed by atoms with Gasteiger partial charge in [-0.2, -0.15) is 9.97 Å². The first-order valence-corrected chi connectivity index (χ1v) is 21.7. The van der Waals surface area contributed by atoms with Crippen LogP contribution in [0.5, 0.6) is 0 Å². The van der Waals surface area contributed by atoms with Gasteiger partial charge in [0.15, 0.2) is 11.6 Å². The summed E-state index contributed by atoms with van der Waals surface area (Å²) in [5.74, 6) is 1.81. The molecule has 0 amide bonds. The summed E-state index contributed by atoms with van der Waals surface area (Å²) in [7, 11) is 0. The predicted molar refractivity (Wildman–Crippen MR) is 261 cm³/mol. The molecule has 13 aromatic rings. The Morgan fingerprint density at radius 3 is 1.74 bits per heavy atom. The molecule has 0 aliphatic rings. The maximum absolute atomic E-state index is 5.43. The topological polar surface area (TPSA) is 43.6 Å². The lowest BCUT2D eigenvalue weighted by atomic mass is 9.98. The van der Waals surface area contributed by atoms with Crippen LogP contribution in [0.2, 0.25) is 0 Å². The van der Waals surface area contributed by atoms with E-state index in [0.717, 1.165) is 54.8 Å². The Bertz CT molecular complexity index is 3920. The van der Waals surface area contributed by atoms with Crippen LogP contribution < -0.4 is 0 Å². The average Bonchev–Trinajstić information content (AvgIpc) is 3.89. The summed E-state index contributed by atoms with van der Waals surface area (Å²) in [5, 5.41) is 12.1. The Balaban J connectivity index is 1.11. The van der Waals surface area contributed by atoms with E-state index in [1.807, 2.05) is 17.4 Å². The maximum Gasteiger partial charge on any atom is 0.238 e. The van der Waals surface area contributed by atoms with E-state index in [2.05, 4.69) is 205 Å². The number of thiophene rings is 1. The van der Waals surface area contributed by atoms with Gasteiger partial charge in [0.2, 0.25) is 5.95 Å². The second kappa shape index (κ2) is 13.8. The van der Waals surface area contributed by atoms with Crippen molar-refractivity contribution in [2.75, 3.05) is 0 Å². The van der Waals surface area contributed by atoms with Crippen LogP contribution >= 0.6 is 11.3 Å². The van der Waals surface area contributed by atoms with Crippen LogP contribution in [0.4, 0.5) is 0 Å². The minimum Gasteiger partial charge on any atom is -0.277 e. The smallest absolute Gasteiger partial charge is 0.238 e. The molecule has 0 saturated carbocycles. The van der Waals surface area contributed by atoms with Crippen LogP contribution in [-0.4, -0.2) is 19.5 Å². The van der Waals surface area contributed by atoms with Gasteiger partial charge in [-0.3, -0.25) is 4.57 Å². The lowest BCUT2D eigenvalue weighted by Gasteiger charge is -2.14. The molecule has 0 fully saturated rings. The van der Waals surface area contributed by atoms with E-state index in [1.54, 1.807) is 0 Å². The normalized spacial score (nSPS) is 11.9. The van der Waals surface area contributed by atoms with Crippen LogP contribution in [0, 0.1) is 0 Å². The lowest BCUT2D eigenvalue weighted by Crippen LogP contribution is -2.07. The van der Waals surface area contributed by atoms with Crippen LogP contribution in [0.1, 0.15) is 0 Å². The summed E-state index contributed by atoms with van der Waals surface area (Å²) < 4.78 is 4.84. The molecule has 3 heterocycles. The van der Waals surface area contributed by atoms with Crippen LogP contribution in [0.15, 0.2) is 206 Å². The minimum absolute atomic E-state index is 0.572. The van der Waals surface area contributed by atoms with Crippen LogP contribution in [-0.2, 0) is 0 Å². The fraction of sp³-hybridized carbons (Fsp3) is 0. The largest absolute Gasteiger partial charge is 0.277 e. The number of aromatic nitrogens is 4. The van der Waals surface area contributed by atoms with Gasteiger partial charge in [0.25, 0.3) is 0 Å². The van der Waals surface area contributed by atoms with Gasteiger partial charge < -0.3 is 0 Å². The van der Waals surface area contributed by atoms with E-state index >= 15 is 0 Å². The summed E-state index contributed by atoms with van der Waals surface area (Å²) >= 11 is 1.87. The van der Waals surface area contributed by atoms with Gasteiger partial charge in [0.05, 0.1) is 11.0 Å². The van der Waals surface area contributed by atoms with E-state index in [4.69, 9.17) is 15.0 Å². The third-order valence-corrected chi connectivity index (χ3v) is 13.6. The third kappa shape index (κ3) is 5.49. The number of nitrogens with zero attached hydrogens (tertiary/aromatic N) is 4. The lowest BCUT2D eigenvalue weighted by molar-refractivity contribution is 0.954. The molecule has 0 N–H and O–H groups in total. The zero-order valence-corrected chi connectivity index (χ0v) is 34.1. The quantitative estimate of drug-likeness (QED) is 0.174. The third-order valence-electron chi connectivity index (χ3n) is 12.4. The molecule has 0 atom stereocenters. The van der Waals surface area contributed by atoms with Crippen molar-refractivity contribution in [2.24, 2.45) is 0 Å². The fourth-order valence-corrected chi connectivity index (χ4v) is 10.7. The molecule has 0 aliphatic heterocycles. The molecule has 5 heteroatoms. The highest BCUT2D eigenvalue weighted by atomic mass is 32.1. The van der Waals surface area contributed by atoms with Crippen molar-refractivity contribution in [1.29, 1.82) is 0 Å². The van der Waals surface area contributed by atoms with Gasteiger partial charge in [-0.15, -0.1) is 11.3 Å². The molecule has 0 aliphatic carbocycles. The van der Waals surface area contributed by atoms with E-state index in [0.29, 0.717) is 17.6 Å². The Labute approximate surface area is 360 Å². The Morgan fingerprint density at radius 2 is 0.935 bits per heavy atom. The Kier molecular flexibility index (Phi) is 7.74. The molecule has 0 saturated heterocycles. The van der Waals surface area contributed by atoms with E-state index in [-0.39, 0.29) is 0 Å². The van der Waals surface area contributed by atoms with Crippen LogP contribution in [0.3, 0.4) is 0 Å². The number of hydrogen-bond acceptors (Lipinski definition) is 4. The SMILES string of the molecule is c1ccc(-c2ccc(-c3nc(-c4ccc5ccccc5c4)nc(-n4c5cc6ccccc6cc5c5cccc(-c6cccc7c6sc6ccc8ccccc8c67)c54)n3)cc2)cc1. The summed E-state index contributed by atoms with van der Waals surface area (Å²) in [6, 6.07) is 73.9. The number of hydrogen-bond donors (Lipinski definition) is 0. The zero-order chi connectivity index (χ0) is 40.7. The monoisotopic (exact) mass is 806 g/mol. The first-order valence-electron chi connectivity index (χ1n) is 20.9. The van der Waals surface area contributed by atoms with Gasteiger partial charge in [-0.05, 0) is 67.7 Å². The molecule has 0 spiro atoms. The molecular weight excluding hydrogens is 773 g/mol. The number of fused-ring (bicyclic) bond motifs is 10. The summed E-state index contributed by atoms with van der Waals surface area (Å²) in [5.41, 5.74) is 8.58. The average molecular weight is 807 g/mol. The Hall–Kier alpha value is -7.99. The van der Waals surface area contributed by atoms with Gasteiger partial charge in [-0.25, -0.2) is 4.98 Å². The molecule has 13 rings (SSSR count). The number of para-hydroxylation sites is 1. The molecule has 0 radical (unpaired) electrons. The predicted octanol–water partition coefficient (Wildman–Crippen LogP) is 15.5. The van der Waals surface area contributed by atoms with Gasteiger partial charge >= 0.3 is 0 Å². The fourth-order valence-electron chi connectivity index (χ4n) is 9.45. The van der Waals surface area contributed by atoms with Gasteiger partial charge in [0, 0.05) is 53.2 Å². The van der Waals surface area contributed by atoms with Crippen molar-refractivity contribution in [3.05, 3.63) is 206 Å². The van der Waals surface area contributed by atoms with Crippen molar-refractivity contribution in [3.63, 3.8) is 0 Å². The molecule has 0 bridgehead atoms. The second-order valence-electron chi connectivity index (χ2n) is 16.0. The standard InChI is InChI=1S/C57H34N4S/c1-2-12-35(13-3-1)37-24-27-39(28-25-37)55-58-56(43-29-26-36-14-4-5-16-40(36)32-43)60-57(59-55)61-50-34-42-18-7-6-17-41(42)33-49(50)46-21-10-20-45(53(46)61)47-22-11-23-48-52-44-19-9-8-15-38(44)30-31-51(52)62-54(47)48/h1-34H. The molecule has 288 valence electrons. The van der Waals surface area contributed by atoms with Gasteiger partial charge in [0.1, 0.15) is 0 Å². The molecule has 0 unspecified atom stereocenters. The highest BCUT2D eigenvalue weighted by Crippen LogP contribution is 2.46. The molecule has 62 heavy (non-hydrogen) atoms. The van der Waals surface area contributed by atoms with Crippen molar-refractivity contribution >= 4 is 85.6 Å². The molecule has 10 aromatic carbocycles. The Morgan fingerprint density at radius 1 is 0.355 bits per heavy atom. The second-order valence-corrected chi connectivity index (χ2v) is 17.0. The highest BCUT2D eigenvalue weighted by molar-refractivity contribution is 7.26. The van der Waals surface area contributed by atoms with Gasteiger partial charge in [-0.1, -0.05) is 182 Å². The zero-order valence-electron chi connectivity index (χ0n) is 33.3. The summed E-state index contributed by atoms with van der Waals surface area (Å²) in [6.07, 6.45) is 0. The van der Waals surface area contributed by atoms with Crippen LogP contribution in [0.25, 0.3) is 125 Å². The summed E-state index contributed by atoms with van der Waals surface area (Å²) in [6.45, 7) is 0. The molecule has 4 nitrogen and oxygen atoms in total. The minimum atomic E-state index is 0.572. The number of rotatable bonds is 5. The van der Waals surface area contributed by atoms with E-state index in [1.165, 1.54) is 52.8 Å². The van der Waals surface area contributed by atoms with Crippen molar-refractivity contribution in [1.82, 2.24) is 19.5 Å².